The van der Waals surface area contributed by atoms with Gasteiger partial charge in [-0.15, -0.1) is 0 Å². The minimum Gasteiger partial charge on any atom is -0.345 e. The van der Waals surface area contributed by atoms with Crippen molar-refractivity contribution in [3.05, 3.63) is 71.3 Å². The summed E-state index contributed by atoms with van der Waals surface area (Å²) in [6.07, 6.45) is 2.98. The second-order valence-electron chi connectivity index (χ2n) is 6.40. The molecule has 2 N–H and O–H groups in total. The van der Waals surface area contributed by atoms with Crippen LogP contribution in [0, 0.1) is 6.92 Å². The van der Waals surface area contributed by atoms with E-state index in [1.54, 1.807) is 6.07 Å². The normalized spacial score (nSPS) is 15.2. The van der Waals surface area contributed by atoms with Crippen LogP contribution < -0.4 is 10.6 Å². The van der Waals surface area contributed by atoms with Crippen LogP contribution in [0.2, 0.25) is 0 Å². The summed E-state index contributed by atoms with van der Waals surface area (Å²) in [7, 11) is 0. The Bertz CT molecular complexity index is 736. The van der Waals surface area contributed by atoms with E-state index in [1.807, 2.05) is 55.5 Å². The van der Waals surface area contributed by atoms with E-state index in [0.29, 0.717) is 5.56 Å². The average molecular weight is 322 g/mol. The third-order valence-electron chi connectivity index (χ3n) is 4.60. The molecule has 0 atom stereocenters. The van der Waals surface area contributed by atoms with Crippen LogP contribution in [-0.2, 0) is 10.3 Å². The molecule has 2 aromatic rings. The number of aryl methyl sites for hydroxylation is 1. The summed E-state index contributed by atoms with van der Waals surface area (Å²) in [5.41, 5.74) is 2.45. The van der Waals surface area contributed by atoms with Crippen LogP contribution >= 0.6 is 0 Å². The quantitative estimate of drug-likeness (QED) is 0.889. The zero-order chi connectivity index (χ0) is 17.0. The summed E-state index contributed by atoms with van der Waals surface area (Å²) in [6, 6.07) is 17.4. The van der Waals surface area contributed by atoms with Crippen LogP contribution in [0.25, 0.3) is 0 Å². The van der Waals surface area contributed by atoms with Crippen molar-refractivity contribution in [2.75, 3.05) is 6.54 Å². The van der Waals surface area contributed by atoms with Crippen molar-refractivity contribution >= 4 is 11.8 Å². The maximum absolute atomic E-state index is 12.3. The lowest BCUT2D eigenvalue weighted by molar-refractivity contribution is -0.123. The third kappa shape index (κ3) is 3.48. The fourth-order valence-electron chi connectivity index (χ4n) is 3.13. The number of rotatable bonds is 5. The number of carbonyl (C=O) groups is 2. The first-order valence-corrected chi connectivity index (χ1v) is 8.30. The first-order valence-electron chi connectivity index (χ1n) is 8.30. The average Bonchev–Trinajstić information content (AvgIpc) is 2.57. The Morgan fingerprint density at radius 2 is 1.79 bits per heavy atom. The molecule has 2 aromatic carbocycles. The summed E-state index contributed by atoms with van der Waals surface area (Å²) >= 11 is 0. The van der Waals surface area contributed by atoms with Gasteiger partial charge in [-0.2, -0.15) is 0 Å². The van der Waals surface area contributed by atoms with Gasteiger partial charge in [-0.3, -0.25) is 9.59 Å². The zero-order valence-corrected chi connectivity index (χ0v) is 13.8. The van der Waals surface area contributed by atoms with Gasteiger partial charge in [0.15, 0.2) is 0 Å². The van der Waals surface area contributed by atoms with Gasteiger partial charge in [-0.1, -0.05) is 48.0 Å². The van der Waals surface area contributed by atoms with Gasteiger partial charge in [-0.25, -0.2) is 0 Å². The van der Waals surface area contributed by atoms with Gasteiger partial charge in [0.2, 0.25) is 5.91 Å². The summed E-state index contributed by atoms with van der Waals surface area (Å²) in [5, 5.41) is 5.81. The van der Waals surface area contributed by atoms with E-state index in [2.05, 4.69) is 10.6 Å². The van der Waals surface area contributed by atoms with E-state index in [0.717, 1.165) is 30.4 Å². The van der Waals surface area contributed by atoms with E-state index in [1.165, 1.54) is 0 Å². The van der Waals surface area contributed by atoms with E-state index in [9.17, 15) is 9.59 Å². The summed E-state index contributed by atoms with van der Waals surface area (Å²) in [5.74, 6) is -0.379. The Morgan fingerprint density at radius 3 is 2.42 bits per heavy atom. The SMILES string of the molecule is Cc1cccc(C(=O)NCC(=O)NC2(c3ccccc3)CCC2)c1. The van der Waals surface area contributed by atoms with Gasteiger partial charge in [-0.05, 0) is 43.9 Å². The van der Waals surface area contributed by atoms with Crippen molar-refractivity contribution in [3.63, 3.8) is 0 Å². The highest BCUT2D eigenvalue weighted by atomic mass is 16.2. The Hall–Kier alpha value is -2.62. The molecule has 1 saturated carbocycles. The highest BCUT2D eigenvalue weighted by Crippen LogP contribution is 2.40. The number of nitrogens with one attached hydrogen (secondary N) is 2. The van der Waals surface area contributed by atoms with Crippen LogP contribution in [0.4, 0.5) is 0 Å². The Balaban J connectivity index is 1.58. The molecule has 0 bridgehead atoms. The van der Waals surface area contributed by atoms with Crippen molar-refractivity contribution in [2.45, 2.75) is 31.7 Å². The highest BCUT2D eigenvalue weighted by Gasteiger charge is 2.39. The standard InChI is InChI=1S/C20H22N2O2/c1-15-7-5-8-16(13-15)19(24)21-14-18(23)22-20(11-6-12-20)17-9-3-2-4-10-17/h2-5,7-10,13H,6,11-12,14H2,1H3,(H,21,24)(H,22,23). The summed E-state index contributed by atoms with van der Waals surface area (Å²) in [4.78, 5) is 24.4. The monoisotopic (exact) mass is 322 g/mol. The molecule has 0 saturated heterocycles. The topological polar surface area (TPSA) is 58.2 Å². The van der Waals surface area contributed by atoms with Crippen molar-refractivity contribution in [3.8, 4) is 0 Å². The molecule has 2 amide bonds. The number of carbonyl (C=O) groups excluding carboxylic acids is 2. The molecule has 0 aliphatic heterocycles. The molecular weight excluding hydrogens is 300 g/mol. The molecule has 0 aromatic heterocycles. The molecule has 0 heterocycles. The van der Waals surface area contributed by atoms with E-state index in [-0.39, 0.29) is 23.9 Å². The smallest absolute Gasteiger partial charge is 0.251 e. The Morgan fingerprint density at radius 1 is 1.04 bits per heavy atom. The number of hydrogen-bond donors (Lipinski definition) is 2. The van der Waals surface area contributed by atoms with Crippen LogP contribution in [-0.4, -0.2) is 18.4 Å². The van der Waals surface area contributed by atoms with Gasteiger partial charge in [0.05, 0.1) is 12.1 Å². The number of benzene rings is 2. The van der Waals surface area contributed by atoms with Gasteiger partial charge in [0.25, 0.3) is 5.91 Å². The summed E-state index contributed by atoms with van der Waals surface area (Å²) in [6.45, 7) is 1.92. The van der Waals surface area contributed by atoms with Crippen molar-refractivity contribution in [1.29, 1.82) is 0 Å². The second-order valence-corrected chi connectivity index (χ2v) is 6.40. The number of hydrogen-bond acceptors (Lipinski definition) is 2. The minimum absolute atomic E-state index is 0.0125. The molecule has 3 rings (SSSR count). The highest BCUT2D eigenvalue weighted by molar-refractivity contribution is 5.96. The van der Waals surface area contributed by atoms with Crippen molar-refractivity contribution < 1.29 is 9.59 Å². The van der Waals surface area contributed by atoms with Crippen LogP contribution in [0.1, 0.15) is 40.7 Å². The lowest BCUT2D eigenvalue weighted by Gasteiger charge is -2.43. The minimum atomic E-state index is -0.271. The molecule has 4 heteroatoms. The molecule has 1 aliphatic rings. The molecule has 1 aliphatic carbocycles. The third-order valence-corrected chi connectivity index (χ3v) is 4.60. The van der Waals surface area contributed by atoms with Crippen molar-refractivity contribution in [2.24, 2.45) is 0 Å². The Labute approximate surface area is 142 Å². The fraction of sp³-hybridized carbons (Fsp3) is 0.300. The van der Waals surface area contributed by atoms with Crippen molar-refractivity contribution in [1.82, 2.24) is 10.6 Å². The van der Waals surface area contributed by atoms with Crippen LogP contribution in [0.15, 0.2) is 54.6 Å². The molecule has 4 nitrogen and oxygen atoms in total. The van der Waals surface area contributed by atoms with Gasteiger partial charge < -0.3 is 10.6 Å². The van der Waals surface area contributed by atoms with E-state index >= 15 is 0 Å². The molecular formula is C20H22N2O2. The lowest BCUT2D eigenvalue weighted by Crippen LogP contribution is -2.53. The zero-order valence-electron chi connectivity index (χ0n) is 13.8. The van der Waals surface area contributed by atoms with Gasteiger partial charge in [0, 0.05) is 5.56 Å². The molecule has 1 fully saturated rings. The van der Waals surface area contributed by atoms with E-state index < -0.39 is 0 Å². The molecule has 0 spiro atoms. The molecule has 24 heavy (non-hydrogen) atoms. The summed E-state index contributed by atoms with van der Waals surface area (Å²) < 4.78 is 0. The molecule has 0 unspecified atom stereocenters. The second kappa shape index (κ2) is 6.87. The van der Waals surface area contributed by atoms with Crippen LogP contribution in [0.5, 0.6) is 0 Å². The Kier molecular flexibility index (Phi) is 4.65. The lowest BCUT2D eigenvalue weighted by atomic mass is 9.72. The number of amides is 2. The maximum atomic E-state index is 12.3. The van der Waals surface area contributed by atoms with E-state index in [4.69, 9.17) is 0 Å². The fourth-order valence-corrected chi connectivity index (χ4v) is 3.13. The predicted octanol–water partition coefficient (Wildman–Crippen LogP) is 2.92. The molecule has 0 radical (unpaired) electrons. The first kappa shape index (κ1) is 16.2. The molecule has 124 valence electrons. The largest absolute Gasteiger partial charge is 0.345 e. The predicted molar refractivity (Wildman–Crippen MR) is 93.6 cm³/mol. The maximum Gasteiger partial charge on any atom is 0.251 e. The first-order chi connectivity index (χ1) is 11.6. The van der Waals surface area contributed by atoms with Crippen LogP contribution in [0.3, 0.4) is 0 Å². The van der Waals surface area contributed by atoms with Gasteiger partial charge >= 0.3 is 0 Å². The van der Waals surface area contributed by atoms with Gasteiger partial charge in [0.1, 0.15) is 0 Å².